The van der Waals surface area contributed by atoms with Gasteiger partial charge in [0.2, 0.25) is 0 Å². The lowest BCUT2D eigenvalue weighted by molar-refractivity contribution is -0.151. The molecule has 2 fully saturated rings. The van der Waals surface area contributed by atoms with Gasteiger partial charge in [0.05, 0.1) is 6.61 Å². The smallest absolute Gasteiger partial charge is 0.411 e. The first kappa shape index (κ1) is 15.8. The fourth-order valence-corrected chi connectivity index (χ4v) is 3.55. The highest BCUT2D eigenvalue weighted by atomic mass is 19.1. The van der Waals surface area contributed by atoms with Gasteiger partial charge >= 0.3 is 12.1 Å². The third-order valence-electron chi connectivity index (χ3n) is 4.55. The minimum atomic E-state index is -1.06. The number of rotatable bonds is 4. The van der Waals surface area contributed by atoms with Gasteiger partial charge in [-0.3, -0.25) is 4.90 Å². The van der Waals surface area contributed by atoms with Crippen LogP contribution in [0.25, 0.3) is 0 Å². The zero-order chi connectivity index (χ0) is 16.4. The summed E-state index contributed by atoms with van der Waals surface area (Å²) in [5.74, 6) is -1.03. The SMILES string of the molecule is CCOC(=O)[C@@H]1[C@@H]2C[C@H](C[C@@H]2F)N1C(=O)OCc1ccccc1. The number of piperidine rings is 1. The lowest BCUT2D eigenvalue weighted by atomic mass is 9.97. The van der Waals surface area contributed by atoms with Gasteiger partial charge in [0.25, 0.3) is 0 Å². The summed E-state index contributed by atoms with van der Waals surface area (Å²) in [5.41, 5.74) is 0.862. The maximum Gasteiger partial charge on any atom is 0.411 e. The molecule has 6 heteroatoms. The second kappa shape index (κ2) is 6.56. The predicted octanol–water partition coefficient (Wildman–Crippen LogP) is 2.69. The van der Waals surface area contributed by atoms with E-state index in [1.807, 2.05) is 30.3 Å². The van der Waals surface area contributed by atoms with Crippen LogP contribution in [0.1, 0.15) is 25.3 Å². The number of hydrogen-bond donors (Lipinski definition) is 0. The number of fused-ring (bicyclic) bond motifs is 2. The summed E-state index contributed by atoms with van der Waals surface area (Å²) >= 11 is 0. The van der Waals surface area contributed by atoms with Crippen molar-refractivity contribution in [2.45, 2.75) is 44.6 Å². The number of hydrogen-bond acceptors (Lipinski definition) is 4. The van der Waals surface area contributed by atoms with Crippen LogP contribution in [-0.2, 0) is 20.9 Å². The molecular weight excluding hydrogens is 301 g/mol. The molecule has 124 valence electrons. The van der Waals surface area contributed by atoms with E-state index in [0.29, 0.717) is 6.42 Å². The van der Waals surface area contributed by atoms with Crippen molar-refractivity contribution in [2.75, 3.05) is 6.61 Å². The maximum absolute atomic E-state index is 14.0. The Morgan fingerprint density at radius 2 is 1.96 bits per heavy atom. The van der Waals surface area contributed by atoms with Crippen LogP contribution in [0.5, 0.6) is 0 Å². The number of halogens is 1. The Morgan fingerprint density at radius 3 is 2.65 bits per heavy atom. The van der Waals surface area contributed by atoms with Gasteiger partial charge in [-0.25, -0.2) is 14.0 Å². The molecule has 23 heavy (non-hydrogen) atoms. The van der Waals surface area contributed by atoms with Crippen molar-refractivity contribution in [3.8, 4) is 0 Å². The standard InChI is InChI=1S/C17H20FNO4/c1-2-22-16(20)15-13-8-12(9-14(13)18)19(15)17(21)23-10-11-6-4-3-5-7-11/h3-7,12-15H,2,8-10H2,1H3/t12-,13-,14+,15+/m1/s1. The number of carbonyl (C=O) groups is 2. The lowest BCUT2D eigenvalue weighted by Gasteiger charge is -2.34. The normalized spacial score (nSPS) is 28.7. The van der Waals surface area contributed by atoms with E-state index in [9.17, 15) is 14.0 Å². The average Bonchev–Trinajstić information content (AvgIpc) is 3.10. The van der Waals surface area contributed by atoms with E-state index < -0.39 is 30.2 Å². The summed E-state index contributed by atoms with van der Waals surface area (Å²) < 4.78 is 24.3. The molecule has 0 N–H and O–H groups in total. The molecule has 3 rings (SSSR count). The number of nitrogens with zero attached hydrogens (tertiary/aromatic N) is 1. The van der Waals surface area contributed by atoms with Gasteiger partial charge in [-0.2, -0.15) is 0 Å². The monoisotopic (exact) mass is 321 g/mol. The Labute approximate surface area is 134 Å². The quantitative estimate of drug-likeness (QED) is 0.800. The van der Waals surface area contributed by atoms with E-state index in [0.717, 1.165) is 5.56 Å². The molecular formula is C17H20FNO4. The van der Waals surface area contributed by atoms with E-state index >= 15 is 0 Å². The predicted molar refractivity (Wildman–Crippen MR) is 80.3 cm³/mol. The molecule has 0 unspecified atom stereocenters. The van der Waals surface area contributed by atoms with Gasteiger partial charge in [0.1, 0.15) is 18.8 Å². The molecule has 1 saturated heterocycles. The minimum Gasteiger partial charge on any atom is -0.464 e. The molecule has 2 aliphatic rings. The molecule has 1 aromatic carbocycles. The van der Waals surface area contributed by atoms with Crippen LogP contribution in [0.2, 0.25) is 0 Å². The second-order valence-electron chi connectivity index (χ2n) is 5.95. The zero-order valence-electron chi connectivity index (χ0n) is 13.0. The summed E-state index contributed by atoms with van der Waals surface area (Å²) in [7, 11) is 0. The topological polar surface area (TPSA) is 55.8 Å². The molecule has 5 nitrogen and oxygen atoms in total. The highest BCUT2D eigenvalue weighted by Gasteiger charge is 2.57. The van der Waals surface area contributed by atoms with Crippen LogP contribution in [-0.4, -0.2) is 41.8 Å². The third-order valence-corrected chi connectivity index (χ3v) is 4.55. The maximum atomic E-state index is 14.0. The Balaban J connectivity index is 1.69. The van der Waals surface area contributed by atoms with Crippen molar-refractivity contribution in [2.24, 2.45) is 5.92 Å². The number of benzene rings is 1. The molecule has 1 amide bonds. The van der Waals surface area contributed by atoms with Crippen LogP contribution in [0.4, 0.5) is 9.18 Å². The van der Waals surface area contributed by atoms with Gasteiger partial charge in [0, 0.05) is 12.0 Å². The molecule has 1 aromatic rings. The summed E-state index contributed by atoms with van der Waals surface area (Å²) in [6.07, 6.45) is -0.884. The van der Waals surface area contributed by atoms with E-state index in [1.54, 1.807) is 6.92 Å². The Bertz CT molecular complexity index is 579. The van der Waals surface area contributed by atoms with Crippen molar-refractivity contribution < 1.29 is 23.5 Å². The van der Waals surface area contributed by atoms with Gasteiger partial charge in [-0.05, 0) is 25.3 Å². The molecule has 2 bridgehead atoms. The van der Waals surface area contributed by atoms with Gasteiger partial charge in [0.15, 0.2) is 0 Å². The van der Waals surface area contributed by atoms with E-state index in [4.69, 9.17) is 9.47 Å². The molecule has 1 aliphatic carbocycles. The molecule has 0 spiro atoms. The van der Waals surface area contributed by atoms with Crippen molar-refractivity contribution in [3.63, 3.8) is 0 Å². The van der Waals surface area contributed by atoms with Crippen LogP contribution < -0.4 is 0 Å². The fourth-order valence-electron chi connectivity index (χ4n) is 3.55. The number of esters is 1. The highest BCUT2D eigenvalue weighted by molar-refractivity contribution is 5.83. The van der Waals surface area contributed by atoms with Gasteiger partial charge < -0.3 is 9.47 Å². The van der Waals surface area contributed by atoms with E-state index in [2.05, 4.69) is 0 Å². The van der Waals surface area contributed by atoms with Crippen molar-refractivity contribution in [3.05, 3.63) is 35.9 Å². The average molecular weight is 321 g/mol. The second-order valence-corrected chi connectivity index (χ2v) is 5.95. The Kier molecular flexibility index (Phi) is 4.50. The number of amides is 1. The van der Waals surface area contributed by atoms with Crippen molar-refractivity contribution in [1.29, 1.82) is 0 Å². The Morgan fingerprint density at radius 1 is 1.22 bits per heavy atom. The molecule has 1 aliphatic heterocycles. The molecule has 0 aromatic heterocycles. The number of carbonyl (C=O) groups excluding carboxylic acids is 2. The first-order chi connectivity index (χ1) is 11.1. The lowest BCUT2D eigenvalue weighted by Crippen LogP contribution is -2.52. The highest BCUT2D eigenvalue weighted by Crippen LogP contribution is 2.45. The molecule has 1 saturated carbocycles. The van der Waals surface area contributed by atoms with Crippen LogP contribution in [0.15, 0.2) is 30.3 Å². The zero-order valence-corrected chi connectivity index (χ0v) is 13.0. The minimum absolute atomic E-state index is 0.127. The summed E-state index contributed by atoms with van der Waals surface area (Å²) in [6, 6.07) is 8.14. The van der Waals surface area contributed by atoms with E-state index in [-0.39, 0.29) is 25.7 Å². The molecule has 4 atom stereocenters. The summed E-state index contributed by atoms with van der Waals surface area (Å²) in [6.45, 7) is 2.02. The van der Waals surface area contributed by atoms with Crippen LogP contribution in [0, 0.1) is 5.92 Å². The largest absolute Gasteiger partial charge is 0.464 e. The first-order valence-corrected chi connectivity index (χ1v) is 7.91. The fraction of sp³-hybridized carbons (Fsp3) is 0.529. The third kappa shape index (κ3) is 3.02. The number of likely N-dealkylation sites (tertiary alicyclic amines) is 1. The van der Waals surface area contributed by atoms with E-state index in [1.165, 1.54) is 4.90 Å². The number of alkyl halides is 1. The van der Waals surface area contributed by atoms with Gasteiger partial charge in [-0.1, -0.05) is 30.3 Å². The number of ether oxygens (including phenoxy) is 2. The van der Waals surface area contributed by atoms with Crippen molar-refractivity contribution in [1.82, 2.24) is 4.90 Å². The first-order valence-electron chi connectivity index (χ1n) is 7.91. The molecule has 0 radical (unpaired) electrons. The summed E-state index contributed by atoms with van der Waals surface area (Å²) in [4.78, 5) is 25.9. The summed E-state index contributed by atoms with van der Waals surface area (Å²) in [5, 5.41) is 0. The van der Waals surface area contributed by atoms with Crippen molar-refractivity contribution >= 4 is 12.1 Å². The Hall–Kier alpha value is -2.11. The van der Waals surface area contributed by atoms with Crippen LogP contribution in [0.3, 0.4) is 0 Å². The van der Waals surface area contributed by atoms with Gasteiger partial charge in [-0.15, -0.1) is 0 Å². The molecule has 1 heterocycles. The van der Waals surface area contributed by atoms with Crippen LogP contribution >= 0.6 is 0 Å².